The molecule has 0 spiro atoms. The van der Waals surface area contributed by atoms with E-state index in [2.05, 4.69) is 17.6 Å². The first kappa shape index (κ1) is 11.5. The zero-order valence-electron chi connectivity index (χ0n) is 8.84. The van der Waals surface area contributed by atoms with Gasteiger partial charge in [0.25, 0.3) is 0 Å². The molecule has 1 saturated heterocycles. The normalized spacial score (nSPS) is 21.1. The van der Waals surface area contributed by atoms with Crippen molar-refractivity contribution in [2.75, 3.05) is 26.2 Å². The SMILES string of the molecule is CCCCNC(=O)COC1CCNC1. The molecule has 1 aliphatic heterocycles. The van der Waals surface area contributed by atoms with Gasteiger partial charge in [-0.2, -0.15) is 0 Å². The van der Waals surface area contributed by atoms with E-state index in [0.717, 1.165) is 38.9 Å². The van der Waals surface area contributed by atoms with Gasteiger partial charge in [0.05, 0.1) is 6.10 Å². The Morgan fingerprint density at radius 1 is 1.64 bits per heavy atom. The quantitative estimate of drug-likeness (QED) is 0.606. The molecule has 14 heavy (non-hydrogen) atoms. The second-order valence-corrected chi connectivity index (χ2v) is 3.63. The molecule has 0 bridgehead atoms. The summed E-state index contributed by atoms with van der Waals surface area (Å²) in [5.41, 5.74) is 0. The van der Waals surface area contributed by atoms with E-state index in [1.54, 1.807) is 0 Å². The highest BCUT2D eigenvalue weighted by molar-refractivity contribution is 5.77. The molecule has 1 atom stereocenters. The average Bonchev–Trinajstić information content (AvgIpc) is 2.68. The molecule has 4 heteroatoms. The maximum Gasteiger partial charge on any atom is 0.246 e. The lowest BCUT2D eigenvalue weighted by Gasteiger charge is -2.10. The lowest BCUT2D eigenvalue weighted by Crippen LogP contribution is -2.31. The number of nitrogens with one attached hydrogen (secondary N) is 2. The van der Waals surface area contributed by atoms with E-state index < -0.39 is 0 Å². The summed E-state index contributed by atoms with van der Waals surface area (Å²) < 4.78 is 5.42. The zero-order valence-corrected chi connectivity index (χ0v) is 8.84. The summed E-state index contributed by atoms with van der Waals surface area (Å²) in [6, 6.07) is 0. The molecule has 1 aliphatic rings. The van der Waals surface area contributed by atoms with Crippen LogP contribution in [0.1, 0.15) is 26.2 Å². The van der Waals surface area contributed by atoms with Crippen molar-refractivity contribution in [1.82, 2.24) is 10.6 Å². The third-order valence-corrected chi connectivity index (χ3v) is 2.32. The molecule has 0 aliphatic carbocycles. The summed E-state index contributed by atoms with van der Waals surface area (Å²) in [4.78, 5) is 11.2. The highest BCUT2D eigenvalue weighted by atomic mass is 16.5. The fraction of sp³-hybridized carbons (Fsp3) is 0.900. The number of carbonyl (C=O) groups is 1. The molecule has 0 saturated carbocycles. The summed E-state index contributed by atoms with van der Waals surface area (Å²) in [6.07, 6.45) is 3.39. The number of amides is 1. The van der Waals surface area contributed by atoms with E-state index in [4.69, 9.17) is 4.74 Å². The molecule has 0 aromatic carbocycles. The lowest BCUT2D eigenvalue weighted by molar-refractivity contribution is -0.127. The second kappa shape index (κ2) is 6.79. The van der Waals surface area contributed by atoms with Crippen molar-refractivity contribution in [2.45, 2.75) is 32.3 Å². The van der Waals surface area contributed by atoms with Crippen LogP contribution in [0.5, 0.6) is 0 Å². The standard InChI is InChI=1S/C10H20N2O2/c1-2-3-5-12-10(13)8-14-9-4-6-11-7-9/h9,11H,2-8H2,1H3,(H,12,13). The van der Waals surface area contributed by atoms with Gasteiger partial charge in [0.1, 0.15) is 6.61 Å². The molecule has 4 nitrogen and oxygen atoms in total. The zero-order chi connectivity index (χ0) is 10.2. The van der Waals surface area contributed by atoms with Crippen molar-refractivity contribution in [3.8, 4) is 0 Å². The Hall–Kier alpha value is -0.610. The van der Waals surface area contributed by atoms with Gasteiger partial charge in [-0.05, 0) is 19.4 Å². The smallest absolute Gasteiger partial charge is 0.246 e. The fourth-order valence-corrected chi connectivity index (χ4v) is 1.42. The van der Waals surface area contributed by atoms with Crippen molar-refractivity contribution in [1.29, 1.82) is 0 Å². The first-order valence-corrected chi connectivity index (χ1v) is 5.42. The maximum absolute atomic E-state index is 11.2. The minimum absolute atomic E-state index is 0.00495. The van der Waals surface area contributed by atoms with Crippen molar-refractivity contribution < 1.29 is 9.53 Å². The van der Waals surface area contributed by atoms with Crippen LogP contribution in [0.25, 0.3) is 0 Å². The topological polar surface area (TPSA) is 50.4 Å². The van der Waals surface area contributed by atoms with Gasteiger partial charge in [-0.1, -0.05) is 13.3 Å². The highest BCUT2D eigenvalue weighted by Gasteiger charge is 2.15. The third-order valence-electron chi connectivity index (χ3n) is 2.32. The Bertz CT molecular complexity index is 168. The number of rotatable bonds is 6. The highest BCUT2D eigenvalue weighted by Crippen LogP contribution is 2.01. The summed E-state index contributed by atoms with van der Waals surface area (Å²) in [6.45, 7) is 4.95. The Morgan fingerprint density at radius 2 is 2.50 bits per heavy atom. The molecule has 0 radical (unpaired) electrons. The van der Waals surface area contributed by atoms with Crippen LogP contribution < -0.4 is 10.6 Å². The van der Waals surface area contributed by atoms with Crippen molar-refractivity contribution in [3.63, 3.8) is 0 Å². The molecule has 2 N–H and O–H groups in total. The fourth-order valence-electron chi connectivity index (χ4n) is 1.42. The van der Waals surface area contributed by atoms with E-state index in [-0.39, 0.29) is 18.6 Å². The first-order valence-electron chi connectivity index (χ1n) is 5.42. The van der Waals surface area contributed by atoms with Gasteiger partial charge in [0.15, 0.2) is 0 Å². The summed E-state index contributed by atoms with van der Waals surface area (Å²) in [5, 5.41) is 6.01. The molecule has 1 fully saturated rings. The van der Waals surface area contributed by atoms with Gasteiger partial charge in [0.2, 0.25) is 5.91 Å². The third kappa shape index (κ3) is 4.58. The van der Waals surface area contributed by atoms with Gasteiger partial charge < -0.3 is 15.4 Å². The number of hydrogen-bond donors (Lipinski definition) is 2. The maximum atomic E-state index is 11.2. The number of hydrogen-bond acceptors (Lipinski definition) is 3. The van der Waals surface area contributed by atoms with E-state index in [9.17, 15) is 4.79 Å². The average molecular weight is 200 g/mol. The molecule has 1 unspecified atom stereocenters. The van der Waals surface area contributed by atoms with Gasteiger partial charge in [0, 0.05) is 13.1 Å². The Kier molecular flexibility index (Phi) is 5.56. The van der Waals surface area contributed by atoms with E-state index >= 15 is 0 Å². The van der Waals surface area contributed by atoms with E-state index in [1.165, 1.54) is 0 Å². The van der Waals surface area contributed by atoms with Crippen molar-refractivity contribution >= 4 is 5.91 Å². The number of unbranched alkanes of at least 4 members (excludes halogenated alkanes) is 1. The summed E-state index contributed by atoms with van der Waals surface area (Å²) in [5.74, 6) is 0.00495. The second-order valence-electron chi connectivity index (χ2n) is 3.63. The van der Waals surface area contributed by atoms with Crippen molar-refractivity contribution in [2.24, 2.45) is 0 Å². The van der Waals surface area contributed by atoms with Crippen LogP contribution in [-0.4, -0.2) is 38.3 Å². The number of carbonyl (C=O) groups excluding carboxylic acids is 1. The van der Waals surface area contributed by atoms with E-state index in [0.29, 0.717) is 0 Å². The van der Waals surface area contributed by atoms with Gasteiger partial charge >= 0.3 is 0 Å². The van der Waals surface area contributed by atoms with Crippen molar-refractivity contribution in [3.05, 3.63) is 0 Å². The first-order chi connectivity index (χ1) is 6.83. The molecular weight excluding hydrogens is 180 g/mol. The van der Waals surface area contributed by atoms with Gasteiger partial charge in [-0.15, -0.1) is 0 Å². The summed E-state index contributed by atoms with van der Waals surface area (Å²) >= 11 is 0. The largest absolute Gasteiger partial charge is 0.367 e. The van der Waals surface area contributed by atoms with E-state index in [1.807, 2.05) is 0 Å². The van der Waals surface area contributed by atoms with Crippen LogP contribution in [-0.2, 0) is 9.53 Å². The summed E-state index contributed by atoms with van der Waals surface area (Å²) in [7, 11) is 0. The van der Waals surface area contributed by atoms with Crippen LogP contribution in [0.2, 0.25) is 0 Å². The van der Waals surface area contributed by atoms with Crippen LogP contribution >= 0.6 is 0 Å². The molecule has 0 aromatic heterocycles. The van der Waals surface area contributed by atoms with Crippen LogP contribution in [0.3, 0.4) is 0 Å². The molecule has 82 valence electrons. The Morgan fingerprint density at radius 3 is 3.14 bits per heavy atom. The number of ether oxygens (including phenoxy) is 1. The minimum atomic E-state index is 0.00495. The predicted octanol–water partition coefficient (Wildman–Crippen LogP) is 0.281. The Labute approximate surface area is 85.4 Å². The predicted molar refractivity (Wildman–Crippen MR) is 55.1 cm³/mol. The monoisotopic (exact) mass is 200 g/mol. The lowest BCUT2D eigenvalue weighted by atomic mass is 10.3. The molecule has 0 aromatic rings. The van der Waals surface area contributed by atoms with Crippen LogP contribution in [0.4, 0.5) is 0 Å². The molecule has 1 rings (SSSR count). The van der Waals surface area contributed by atoms with Crippen LogP contribution in [0.15, 0.2) is 0 Å². The molecule has 1 amide bonds. The van der Waals surface area contributed by atoms with Crippen LogP contribution in [0, 0.1) is 0 Å². The van der Waals surface area contributed by atoms with Gasteiger partial charge in [-0.25, -0.2) is 0 Å². The minimum Gasteiger partial charge on any atom is -0.367 e. The molecule has 1 heterocycles. The molecular formula is C10H20N2O2. The van der Waals surface area contributed by atoms with Gasteiger partial charge in [-0.3, -0.25) is 4.79 Å². The Balaban J connectivity index is 1.96.